The first-order valence-corrected chi connectivity index (χ1v) is 13.6. The second kappa shape index (κ2) is 9.82. The Hall–Kier alpha value is -2.58. The fourth-order valence-electron chi connectivity index (χ4n) is 5.77. The van der Waals surface area contributed by atoms with Gasteiger partial charge in [-0.3, -0.25) is 14.6 Å². The molecular weight excluding hydrogens is 524 g/mol. The van der Waals surface area contributed by atoms with E-state index in [1.54, 1.807) is 29.8 Å². The number of rotatable bonds is 5. The minimum atomic E-state index is -0.175. The standard InChI is InChI=1S/C27H29BrN4O2S/c1-15-5-4-6-18(7-15)25-24(31-17(3)35-25)27(34)32-14-20-8-16(2)9-22(20)23(32)13-30-26(33)19-10-21(28)12-29-11-19/h4-7,10-12,16,20,22-23H,8-9,13-14H2,1-3H3,(H,30,33). The maximum Gasteiger partial charge on any atom is 0.274 e. The van der Waals surface area contributed by atoms with Crippen molar-refractivity contribution in [3.8, 4) is 10.4 Å². The number of nitrogens with one attached hydrogen (secondary N) is 1. The topological polar surface area (TPSA) is 75.2 Å². The van der Waals surface area contributed by atoms with Crippen molar-refractivity contribution in [1.82, 2.24) is 20.2 Å². The summed E-state index contributed by atoms with van der Waals surface area (Å²) in [6.07, 6.45) is 5.41. The van der Waals surface area contributed by atoms with E-state index in [4.69, 9.17) is 0 Å². The van der Waals surface area contributed by atoms with Crippen LogP contribution in [0.4, 0.5) is 0 Å². The molecule has 3 heterocycles. The van der Waals surface area contributed by atoms with Gasteiger partial charge in [0.15, 0.2) is 0 Å². The third-order valence-electron chi connectivity index (χ3n) is 7.23. The predicted octanol–water partition coefficient (Wildman–Crippen LogP) is 5.50. The number of benzene rings is 1. The lowest BCUT2D eigenvalue weighted by Crippen LogP contribution is -2.46. The highest BCUT2D eigenvalue weighted by atomic mass is 79.9. The molecule has 35 heavy (non-hydrogen) atoms. The number of fused-ring (bicyclic) bond motifs is 1. The highest BCUT2D eigenvalue weighted by Crippen LogP contribution is 2.45. The Kier molecular flexibility index (Phi) is 6.77. The van der Waals surface area contributed by atoms with Gasteiger partial charge in [-0.1, -0.05) is 36.8 Å². The van der Waals surface area contributed by atoms with Crippen LogP contribution in [0.2, 0.25) is 0 Å². The average molecular weight is 554 g/mol. The first kappa shape index (κ1) is 24.1. The number of hydrogen-bond acceptors (Lipinski definition) is 5. The van der Waals surface area contributed by atoms with Crippen LogP contribution in [0, 0.1) is 31.6 Å². The van der Waals surface area contributed by atoms with Crippen molar-refractivity contribution in [2.45, 2.75) is 39.7 Å². The van der Waals surface area contributed by atoms with E-state index in [0.717, 1.165) is 44.9 Å². The van der Waals surface area contributed by atoms with E-state index in [1.165, 1.54) is 0 Å². The molecule has 4 atom stereocenters. The molecule has 0 bridgehead atoms. The molecule has 3 aromatic rings. The first-order valence-electron chi connectivity index (χ1n) is 12.0. The van der Waals surface area contributed by atoms with E-state index in [2.05, 4.69) is 57.2 Å². The Morgan fingerprint density at radius 2 is 2.03 bits per heavy atom. The molecule has 2 fully saturated rings. The van der Waals surface area contributed by atoms with Gasteiger partial charge in [0.25, 0.3) is 11.8 Å². The minimum Gasteiger partial charge on any atom is -0.350 e. The summed E-state index contributed by atoms with van der Waals surface area (Å²) < 4.78 is 0.759. The summed E-state index contributed by atoms with van der Waals surface area (Å²) in [4.78, 5) is 38.5. The SMILES string of the molecule is Cc1cccc(-c2sc(C)nc2C(=O)N2CC3CC(C)CC3C2CNC(=O)c2cncc(Br)c2)c1. The van der Waals surface area contributed by atoms with Gasteiger partial charge in [-0.2, -0.15) is 0 Å². The van der Waals surface area contributed by atoms with Gasteiger partial charge in [0.1, 0.15) is 5.69 Å². The van der Waals surface area contributed by atoms with Gasteiger partial charge in [-0.05, 0) is 72.0 Å². The Balaban J connectivity index is 1.41. The maximum absolute atomic E-state index is 14.0. The molecule has 1 aromatic carbocycles. The lowest BCUT2D eigenvalue weighted by molar-refractivity contribution is 0.0692. The predicted molar refractivity (Wildman–Crippen MR) is 141 cm³/mol. The van der Waals surface area contributed by atoms with Gasteiger partial charge < -0.3 is 10.2 Å². The van der Waals surface area contributed by atoms with Gasteiger partial charge in [0, 0.05) is 30.0 Å². The molecule has 2 amide bonds. The quantitative estimate of drug-likeness (QED) is 0.453. The summed E-state index contributed by atoms with van der Waals surface area (Å²) in [5, 5.41) is 3.96. The number of hydrogen-bond donors (Lipinski definition) is 1. The summed E-state index contributed by atoms with van der Waals surface area (Å²) in [7, 11) is 0. The fraction of sp³-hybridized carbons (Fsp3) is 0.407. The monoisotopic (exact) mass is 552 g/mol. The number of nitrogens with zero attached hydrogens (tertiary/aromatic N) is 3. The second-order valence-corrected chi connectivity index (χ2v) is 12.0. The summed E-state index contributed by atoms with van der Waals surface area (Å²) in [6, 6.07) is 9.93. The molecule has 1 N–H and O–H groups in total. The van der Waals surface area contributed by atoms with E-state index < -0.39 is 0 Å². The number of carbonyl (C=O) groups excluding carboxylic acids is 2. The molecule has 2 aromatic heterocycles. The molecule has 182 valence electrons. The number of halogens is 1. The largest absolute Gasteiger partial charge is 0.350 e. The third kappa shape index (κ3) is 4.91. The fourth-order valence-corrected chi connectivity index (χ4v) is 7.04. The van der Waals surface area contributed by atoms with Gasteiger partial charge in [-0.25, -0.2) is 4.98 Å². The summed E-state index contributed by atoms with van der Waals surface area (Å²) in [5.74, 6) is 1.28. The summed E-state index contributed by atoms with van der Waals surface area (Å²) >= 11 is 4.94. The molecule has 1 saturated carbocycles. The van der Waals surface area contributed by atoms with E-state index in [-0.39, 0.29) is 17.9 Å². The molecule has 2 aliphatic rings. The number of carbonyl (C=O) groups is 2. The molecule has 4 unspecified atom stereocenters. The molecule has 0 spiro atoms. The van der Waals surface area contributed by atoms with Crippen molar-refractivity contribution in [1.29, 1.82) is 0 Å². The number of aryl methyl sites for hydroxylation is 2. The smallest absolute Gasteiger partial charge is 0.274 e. The van der Waals surface area contributed by atoms with Crippen molar-refractivity contribution in [3.63, 3.8) is 0 Å². The highest BCUT2D eigenvalue weighted by molar-refractivity contribution is 9.10. The van der Waals surface area contributed by atoms with Crippen LogP contribution in [-0.4, -0.2) is 45.8 Å². The number of thiazole rings is 1. The van der Waals surface area contributed by atoms with Crippen LogP contribution in [0.5, 0.6) is 0 Å². The average Bonchev–Trinajstić information content (AvgIpc) is 3.49. The van der Waals surface area contributed by atoms with Crippen molar-refractivity contribution < 1.29 is 9.59 Å². The second-order valence-electron chi connectivity index (χ2n) is 9.91. The molecule has 1 saturated heterocycles. The minimum absolute atomic E-state index is 0.0312. The van der Waals surface area contributed by atoms with Crippen LogP contribution in [0.15, 0.2) is 47.2 Å². The molecule has 0 radical (unpaired) electrons. The highest BCUT2D eigenvalue weighted by Gasteiger charge is 2.48. The van der Waals surface area contributed by atoms with E-state index in [9.17, 15) is 9.59 Å². The Labute approximate surface area is 218 Å². The first-order chi connectivity index (χ1) is 16.8. The summed E-state index contributed by atoms with van der Waals surface area (Å²) in [6.45, 7) is 7.43. The van der Waals surface area contributed by atoms with Gasteiger partial charge >= 0.3 is 0 Å². The Morgan fingerprint density at radius 3 is 2.80 bits per heavy atom. The molecule has 5 rings (SSSR count). The zero-order valence-corrected chi connectivity index (χ0v) is 22.5. The van der Waals surface area contributed by atoms with Gasteiger partial charge in [-0.15, -0.1) is 11.3 Å². The van der Waals surface area contributed by atoms with Gasteiger partial charge in [0.2, 0.25) is 0 Å². The lowest BCUT2D eigenvalue weighted by atomic mass is 9.93. The third-order valence-corrected chi connectivity index (χ3v) is 8.68. The van der Waals surface area contributed by atoms with Crippen LogP contribution in [0.25, 0.3) is 10.4 Å². The molecule has 6 nitrogen and oxygen atoms in total. The van der Waals surface area contributed by atoms with E-state index in [0.29, 0.717) is 35.6 Å². The molecule has 1 aliphatic heterocycles. The lowest BCUT2D eigenvalue weighted by Gasteiger charge is -2.28. The maximum atomic E-state index is 14.0. The van der Waals surface area contributed by atoms with Crippen LogP contribution in [0.3, 0.4) is 0 Å². The Bertz CT molecular complexity index is 1280. The summed E-state index contributed by atoms with van der Waals surface area (Å²) in [5.41, 5.74) is 3.21. The van der Waals surface area contributed by atoms with Crippen molar-refractivity contribution in [2.24, 2.45) is 17.8 Å². The van der Waals surface area contributed by atoms with Crippen molar-refractivity contribution in [3.05, 3.63) is 69.0 Å². The molecule has 8 heteroatoms. The number of amides is 2. The van der Waals surface area contributed by atoms with Crippen molar-refractivity contribution in [2.75, 3.05) is 13.1 Å². The van der Waals surface area contributed by atoms with E-state index in [1.807, 2.05) is 24.0 Å². The Morgan fingerprint density at radius 1 is 1.20 bits per heavy atom. The normalized spacial score (nSPS) is 23.4. The molecule has 1 aliphatic carbocycles. The number of pyridine rings is 1. The van der Waals surface area contributed by atoms with Gasteiger partial charge in [0.05, 0.1) is 21.5 Å². The van der Waals surface area contributed by atoms with E-state index >= 15 is 0 Å². The zero-order chi connectivity index (χ0) is 24.7. The number of likely N-dealkylation sites (tertiary alicyclic amines) is 1. The van der Waals surface area contributed by atoms with Crippen LogP contribution in [-0.2, 0) is 0 Å². The van der Waals surface area contributed by atoms with Crippen LogP contribution in [0.1, 0.15) is 51.2 Å². The molecular formula is C27H29BrN4O2S. The zero-order valence-electron chi connectivity index (χ0n) is 20.1. The van der Waals surface area contributed by atoms with Crippen molar-refractivity contribution >= 4 is 39.1 Å². The van der Waals surface area contributed by atoms with Crippen LogP contribution >= 0.6 is 27.3 Å². The van der Waals surface area contributed by atoms with Crippen LogP contribution < -0.4 is 5.32 Å². The number of aromatic nitrogens is 2.